The number of thiazole rings is 1. The average Bonchev–Trinajstić information content (AvgIpc) is 2.70. The lowest BCUT2D eigenvalue weighted by Crippen LogP contribution is -2.06. The Morgan fingerprint density at radius 3 is 2.52 bits per heavy atom. The van der Waals surface area contributed by atoms with Crippen molar-refractivity contribution in [2.24, 2.45) is 7.05 Å². The van der Waals surface area contributed by atoms with Gasteiger partial charge in [0.1, 0.15) is 0 Å². The van der Waals surface area contributed by atoms with Crippen LogP contribution in [-0.4, -0.2) is 4.57 Å². The van der Waals surface area contributed by atoms with Gasteiger partial charge in [0.25, 0.3) is 0 Å². The van der Waals surface area contributed by atoms with E-state index in [2.05, 4.69) is 42.8 Å². The Bertz CT molecular complexity index is 844. The van der Waals surface area contributed by atoms with Gasteiger partial charge in [-0.15, -0.1) is 0 Å². The Kier molecular flexibility index (Phi) is 3.78. The maximum atomic E-state index is 11.7. The summed E-state index contributed by atoms with van der Waals surface area (Å²) in [6, 6.07) is 12.5. The third-order valence-electron chi connectivity index (χ3n) is 3.27. The van der Waals surface area contributed by atoms with Crippen molar-refractivity contribution in [1.29, 1.82) is 0 Å². The van der Waals surface area contributed by atoms with Crippen LogP contribution in [0, 0.1) is 13.8 Å². The summed E-state index contributed by atoms with van der Waals surface area (Å²) in [4.78, 5) is 12.8. The molecule has 1 aromatic heterocycles. The molecular formula is C16H16N2OS2. The highest BCUT2D eigenvalue weighted by atomic mass is 32.2. The van der Waals surface area contributed by atoms with Crippen molar-refractivity contribution in [3.05, 3.63) is 57.2 Å². The third-order valence-corrected chi connectivity index (χ3v) is 5.09. The van der Waals surface area contributed by atoms with E-state index in [1.807, 2.05) is 19.2 Å². The molecule has 5 heteroatoms. The lowest BCUT2D eigenvalue weighted by molar-refractivity contribution is 0.938. The number of fused-ring (bicyclic) bond motifs is 1. The summed E-state index contributed by atoms with van der Waals surface area (Å²) in [5.41, 5.74) is 4.57. The number of aromatic nitrogens is 1. The highest BCUT2D eigenvalue weighted by Crippen LogP contribution is 2.27. The van der Waals surface area contributed by atoms with Crippen molar-refractivity contribution in [3.8, 4) is 0 Å². The van der Waals surface area contributed by atoms with E-state index in [0.29, 0.717) is 0 Å². The van der Waals surface area contributed by atoms with Crippen LogP contribution in [0.5, 0.6) is 0 Å². The number of aryl methyl sites for hydroxylation is 3. The zero-order valence-corrected chi connectivity index (χ0v) is 13.8. The molecule has 0 aliphatic carbocycles. The van der Waals surface area contributed by atoms with Gasteiger partial charge in [-0.3, -0.25) is 4.79 Å². The van der Waals surface area contributed by atoms with Crippen LogP contribution in [0.25, 0.3) is 10.2 Å². The van der Waals surface area contributed by atoms with E-state index in [1.165, 1.54) is 22.5 Å². The molecule has 3 aromatic rings. The minimum atomic E-state index is 0.0782. The third kappa shape index (κ3) is 2.99. The number of nitrogens with zero attached hydrogens (tertiary/aromatic N) is 1. The van der Waals surface area contributed by atoms with Crippen LogP contribution in [0.2, 0.25) is 0 Å². The van der Waals surface area contributed by atoms with Crippen molar-refractivity contribution in [2.45, 2.75) is 18.7 Å². The molecule has 1 N–H and O–H groups in total. The van der Waals surface area contributed by atoms with Gasteiger partial charge < -0.3 is 9.29 Å². The molecule has 0 amide bonds. The Morgan fingerprint density at radius 1 is 1.10 bits per heavy atom. The van der Waals surface area contributed by atoms with E-state index in [4.69, 9.17) is 0 Å². The quantitative estimate of drug-likeness (QED) is 0.730. The first-order valence-electron chi connectivity index (χ1n) is 6.64. The standard InChI is InChI=1S/C16H16N2OS2/c1-10-6-11(2)8-12(7-10)17-21-13-4-5-14-15(9-13)20-16(19)18(14)3/h4-9,17H,1-3H3. The summed E-state index contributed by atoms with van der Waals surface area (Å²) in [6.45, 7) is 4.19. The smallest absolute Gasteiger partial charge is 0.307 e. The molecule has 3 nitrogen and oxygen atoms in total. The monoisotopic (exact) mass is 316 g/mol. The average molecular weight is 316 g/mol. The van der Waals surface area contributed by atoms with Crippen LogP contribution in [-0.2, 0) is 7.05 Å². The topological polar surface area (TPSA) is 34.0 Å². The zero-order valence-electron chi connectivity index (χ0n) is 12.1. The first-order valence-corrected chi connectivity index (χ1v) is 8.27. The van der Waals surface area contributed by atoms with Crippen molar-refractivity contribution >= 4 is 39.2 Å². The lowest BCUT2D eigenvalue weighted by Gasteiger charge is -2.08. The van der Waals surface area contributed by atoms with Gasteiger partial charge in [0.2, 0.25) is 0 Å². The minimum Gasteiger partial charge on any atom is -0.326 e. The summed E-state index contributed by atoms with van der Waals surface area (Å²) in [7, 11) is 1.81. The van der Waals surface area contributed by atoms with Crippen molar-refractivity contribution in [3.63, 3.8) is 0 Å². The molecule has 0 saturated carbocycles. The van der Waals surface area contributed by atoms with Gasteiger partial charge in [-0.05, 0) is 67.3 Å². The van der Waals surface area contributed by atoms with Crippen LogP contribution in [0.4, 0.5) is 5.69 Å². The van der Waals surface area contributed by atoms with Gasteiger partial charge in [0, 0.05) is 17.6 Å². The van der Waals surface area contributed by atoms with E-state index >= 15 is 0 Å². The fourth-order valence-corrected chi connectivity index (χ4v) is 3.99. The summed E-state index contributed by atoms with van der Waals surface area (Å²) in [5, 5.41) is 0. The molecular weight excluding hydrogens is 300 g/mol. The summed E-state index contributed by atoms with van der Waals surface area (Å²) in [6.07, 6.45) is 0. The second-order valence-electron chi connectivity index (χ2n) is 5.14. The molecule has 0 radical (unpaired) electrons. The predicted octanol–water partition coefficient (Wildman–Crippen LogP) is 4.34. The zero-order chi connectivity index (χ0) is 15.0. The van der Waals surface area contributed by atoms with Gasteiger partial charge in [-0.1, -0.05) is 17.4 Å². The first kappa shape index (κ1) is 14.2. The molecule has 0 unspecified atom stereocenters. The fraction of sp³-hybridized carbons (Fsp3) is 0.188. The Balaban J connectivity index is 1.83. The normalized spacial score (nSPS) is 11.0. The van der Waals surface area contributed by atoms with Gasteiger partial charge in [0.05, 0.1) is 10.2 Å². The van der Waals surface area contributed by atoms with Crippen LogP contribution in [0.15, 0.2) is 46.1 Å². The molecule has 0 saturated heterocycles. The predicted molar refractivity (Wildman–Crippen MR) is 92.5 cm³/mol. The van der Waals surface area contributed by atoms with Crippen LogP contribution in [0.3, 0.4) is 0 Å². The summed E-state index contributed by atoms with van der Waals surface area (Å²) in [5.74, 6) is 0. The van der Waals surface area contributed by atoms with E-state index in [-0.39, 0.29) is 4.87 Å². The van der Waals surface area contributed by atoms with Crippen molar-refractivity contribution in [1.82, 2.24) is 4.57 Å². The molecule has 2 aromatic carbocycles. The van der Waals surface area contributed by atoms with Gasteiger partial charge in [0.15, 0.2) is 0 Å². The number of hydrogen-bond donors (Lipinski definition) is 1. The Morgan fingerprint density at radius 2 is 1.81 bits per heavy atom. The number of hydrogen-bond acceptors (Lipinski definition) is 4. The second-order valence-corrected chi connectivity index (χ2v) is 7.01. The molecule has 0 atom stereocenters. The van der Waals surface area contributed by atoms with Crippen molar-refractivity contribution in [2.75, 3.05) is 4.72 Å². The fourth-order valence-electron chi connectivity index (χ4n) is 2.33. The first-order chi connectivity index (χ1) is 10.0. The summed E-state index contributed by atoms with van der Waals surface area (Å²) >= 11 is 2.85. The van der Waals surface area contributed by atoms with Crippen LogP contribution in [0.1, 0.15) is 11.1 Å². The molecule has 3 rings (SSSR count). The van der Waals surface area contributed by atoms with Gasteiger partial charge in [-0.25, -0.2) is 0 Å². The molecule has 1 heterocycles. The molecule has 0 bridgehead atoms. The molecule has 0 aliphatic rings. The number of rotatable bonds is 3. The number of benzene rings is 2. The Hall–Kier alpha value is -1.72. The SMILES string of the molecule is Cc1cc(C)cc(NSc2ccc3c(c2)sc(=O)n3C)c1. The second kappa shape index (κ2) is 5.58. The lowest BCUT2D eigenvalue weighted by atomic mass is 10.1. The van der Waals surface area contributed by atoms with E-state index in [9.17, 15) is 4.79 Å². The number of nitrogens with one attached hydrogen (secondary N) is 1. The maximum Gasteiger partial charge on any atom is 0.307 e. The summed E-state index contributed by atoms with van der Waals surface area (Å²) < 4.78 is 6.07. The van der Waals surface area contributed by atoms with E-state index in [1.54, 1.807) is 16.5 Å². The highest BCUT2D eigenvalue weighted by Gasteiger charge is 2.05. The molecule has 21 heavy (non-hydrogen) atoms. The molecule has 0 spiro atoms. The van der Waals surface area contributed by atoms with Gasteiger partial charge >= 0.3 is 4.87 Å². The van der Waals surface area contributed by atoms with Crippen LogP contribution >= 0.6 is 23.3 Å². The number of anilines is 1. The van der Waals surface area contributed by atoms with Crippen molar-refractivity contribution < 1.29 is 0 Å². The molecule has 0 aliphatic heterocycles. The maximum absolute atomic E-state index is 11.7. The minimum absolute atomic E-state index is 0.0782. The van der Waals surface area contributed by atoms with Crippen LogP contribution < -0.4 is 9.60 Å². The molecule has 0 fully saturated rings. The van der Waals surface area contributed by atoms with Gasteiger partial charge in [-0.2, -0.15) is 0 Å². The largest absolute Gasteiger partial charge is 0.326 e. The van der Waals surface area contributed by atoms with E-state index < -0.39 is 0 Å². The Labute approximate surface area is 131 Å². The van der Waals surface area contributed by atoms with E-state index in [0.717, 1.165) is 20.8 Å². The molecule has 108 valence electrons. The highest BCUT2D eigenvalue weighted by molar-refractivity contribution is 8.00.